The van der Waals surface area contributed by atoms with Gasteiger partial charge in [-0.2, -0.15) is 0 Å². The number of nitrogens with two attached hydrogens (primary N) is 1. The minimum atomic E-state index is -1.03. The highest BCUT2D eigenvalue weighted by Crippen LogP contribution is 2.21. The lowest BCUT2D eigenvalue weighted by Crippen LogP contribution is -2.39. The summed E-state index contributed by atoms with van der Waals surface area (Å²) in [7, 11) is -1.03. The molecule has 2 nitrogen and oxygen atoms in total. The van der Waals surface area contributed by atoms with Gasteiger partial charge in [0.25, 0.3) is 0 Å². The number of benzene rings is 1. The van der Waals surface area contributed by atoms with Gasteiger partial charge < -0.3 is 5.73 Å². The van der Waals surface area contributed by atoms with Crippen molar-refractivity contribution in [2.45, 2.75) is 31.7 Å². The lowest BCUT2D eigenvalue weighted by atomic mass is 9.89. The Morgan fingerprint density at radius 3 is 2.56 bits per heavy atom. The predicted octanol–water partition coefficient (Wildman–Crippen LogP) is 2.93. The number of hydrogen-bond donors (Lipinski definition) is 1. The van der Waals surface area contributed by atoms with Gasteiger partial charge in [-0.05, 0) is 23.6 Å². The topological polar surface area (TPSA) is 43.1 Å². The van der Waals surface area contributed by atoms with E-state index in [-0.39, 0.29) is 11.5 Å². The van der Waals surface area contributed by atoms with Crippen LogP contribution in [0.5, 0.6) is 0 Å². The van der Waals surface area contributed by atoms with E-state index in [1.807, 2.05) is 24.3 Å². The van der Waals surface area contributed by atoms with Gasteiger partial charge in [-0.1, -0.05) is 42.8 Å². The van der Waals surface area contributed by atoms with Crippen LogP contribution in [-0.4, -0.2) is 16.0 Å². The second-order valence-electron chi connectivity index (χ2n) is 4.94. The third-order valence-electron chi connectivity index (χ3n) is 2.50. The van der Waals surface area contributed by atoms with Gasteiger partial charge in [-0.15, -0.1) is 0 Å². The summed E-state index contributed by atoms with van der Waals surface area (Å²) in [5.41, 5.74) is 6.01. The van der Waals surface area contributed by atoms with E-state index in [1.165, 1.54) is 0 Å². The Balaban J connectivity index is 2.74. The maximum Gasteiger partial charge on any atom is 0.0545 e. The molecule has 16 heavy (non-hydrogen) atoms. The van der Waals surface area contributed by atoms with Crippen LogP contribution >= 0.6 is 15.9 Å². The van der Waals surface area contributed by atoms with Crippen LogP contribution in [0.4, 0.5) is 0 Å². The summed E-state index contributed by atoms with van der Waals surface area (Å²) in [5.74, 6) is 0.500. The molecule has 0 spiro atoms. The van der Waals surface area contributed by atoms with Crippen LogP contribution in [-0.2, 0) is 10.8 Å². The molecule has 1 aromatic carbocycles. The number of rotatable bonds is 3. The second kappa shape index (κ2) is 5.43. The maximum atomic E-state index is 12.1. The summed E-state index contributed by atoms with van der Waals surface area (Å²) in [6.45, 7) is 6.20. The predicted molar refractivity (Wildman–Crippen MR) is 72.8 cm³/mol. The molecule has 1 aromatic rings. The fourth-order valence-corrected chi connectivity index (χ4v) is 3.18. The molecule has 0 saturated carbocycles. The Labute approximate surface area is 108 Å². The minimum absolute atomic E-state index is 0.0122. The molecule has 1 rings (SSSR count). The molecule has 0 saturated heterocycles. The molecular formula is C12H18BrNOS. The molecule has 2 unspecified atom stereocenters. The number of halogens is 1. The molecule has 2 N–H and O–H groups in total. The summed E-state index contributed by atoms with van der Waals surface area (Å²) in [4.78, 5) is 0.828. The molecule has 0 bridgehead atoms. The third kappa shape index (κ3) is 4.00. The molecule has 0 heterocycles. The largest absolute Gasteiger partial charge is 0.326 e. The van der Waals surface area contributed by atoms with E-state index in [2.05, 4.69) is 36.7 Å². The van der Waals surface area contributed by atoms with Gasteiger partial charge in [0.15, 0.2) is 0 Å². The fraction of sp³-hybridized carbons (Fsp3) is 0.500. The van der Waals surface area contributed by atoms with E-state index in [4.69, 9.17) is 5.73 Å². The van der Waals surface area contributed by atoms with E-state index in [1.54, 1.807) is 0 Å². The van der Waals surface area contributed by atoms with Crippen molar-refractivity contribution in [3.8, 4) is 0 Å². The van der Waals surface area contributed by atoms with E-state index >= 15 is 0 Å². The van der Waals surface area contributed by atoms with E-state index in [9.17, 15) is 4.21 Å². The first-order valence-electron chi connectivity index (χ1n) is 5.20. The Kier molecular flexibility index (Phi) is 4.71. The van der Waals surface area contributed by atoms with E-state index < -0.39 is 10.8 Å². The van der Waals surface area contributed by atoms with E-state index in [0.717, 1.165) is 9.37 Å². The molecular weight excluding hydrogens is 286 g/mol. The normalized spacial score (nSPS) is 15.8. The van der Waals surface area contributed by atoms with Gasteiger partial charge in [0.1, 0.15) is 0 Å². The van der Waals surface area contributed by atoms with Crippen LogP contribution in [0.25, 0.3) is 0 Å². The summed E-state index contributed by atoms with van der Waals surface area (Å²) in [6, 6.07) is 7.50. The van der Waals surface area contributed by atoms with Crippen molar-refractivity contribution < 1.29 is 4.21 Å². The molecule has 2 atom stereocenters. The second-order valence-corrected chi connectivity index (χ2v) is 7.35. The average Bonchev–Trinajstić information content (AvgIpc) is 2.16. The van der Waals surface area contributed by atoms with Crippen LogP contribution in [0.1, 0.15) is 20.8 Å². The fourth-order valence-electron chi connectivity index (χ4n) is 1.12. The summed E-state index contributed by atoms with van der Waals surface area (Å²) in [6.07, 6.45) is 0. The van der Waals surface area contributed by atoms with Gasteiger partial charge in [-0.25, -0.2) is 0 Å². The van der Waals surface area contributed by atoms with Crippen LogP contribution in [0.15, 0.2) is 33.6 Å². The van der Waals surface area contributed by atoms with Crippen molar-refractivity contribution >= 4 is 26.7 Å². The van der Waals surface area contributed by atoms with Crippen LogP contribution in [0, 0.1) is 5.41 Å². The van der Waals surface area contributed by atoms with Crippen molar-refractivity contribution in [2.24, 2.45) is 11.1 Å². The van der Waals surface area contributed by atoms with E-state index in [0.29, 0.717) is 5.75 Å². The lowest BCUT2D eigenvalue weighted by Gasteiger charge is -2.26. The smallest absolute Gasteiger partial charge is 0.0545 e. The van der Waals surface area contributed by atoms with Gasteiger partial charge in [0.05, 0.1) is 10.8 Å². The van der Waals surface area contributed by atoms with Gasteiger partial charge in [0.2, 0.25) is 0 Å². The lowest BCUT2D eigenvalue weighted by molar-refractivity contribution is 0.342. The molecule has 0 aliphatic carbocycles. The molecule has 0 fully saturated rings. The Hall–Kier alpha value is -0.190. The zero-order chi connectivity index (χ0) is 12.3. The molecule has 0 radical (unpaired) electrons. The van der Waals surface area contributed by atoms with Gasteiger partial charge in [0, 0.05) is 21.2 Å². The van der Waals surface area contributed by atoms with Gasteiger partial charge in [-0.3, -0.25) is 4.21 Å². The molecule has 0 aliphatic rings. The summed E-state index contributed by atoms with van der Waals surface area (Å²) < 4.78 is 13.0. The molecule has 0 aliphatic heterocycles. The highest BCUT2D eigenvalue weighted by molar-refractivity contribution is 9.10. The molecule has 4 heteroatoms. The third-order valence-corrected chi connectivity index (χ3v) is 4.44. The standard InChI is InChI=1S/C12H18BrNOS/c1-12(2,3)11(14)8-16(15)10-6-4-5-9(13)7-10/h4-7,11H,8,14H2,1-3H3. The van der Waals surface area contributed by atoms with Crippen molar-refractivity contribution in [1.82, 2.24) is 0 Å². The van der Waals surface area contributed by atoms with Crippen LogP contribution < -0.4 is 5.73 Å². The monoisotopic (exact) mass is 303 g/mol. The van der Waals surface area contributed by atoms with Crippen molar-refractivity contribution in [2.75, 3.05) is 5.75 Å². The van der Waals surface area contributed by atoms with Crippen molar-refractivity contribution in [3.63, 3.8) is 0 Å². The molecule has 0 aromatic heterocycles. The Bertz CT molecular complexity index is 387. The van der Waals surface area contributed by atoms with Crippen molar-refractivity contribution in [1.29, 1.82) is 0 Å². The zero-order valence-electron chi connectivity index (χ0n) is 9.87. The first kappa shape index (κ1) is 13.9. The minimum Gasteiger partial charge on any atom is -0.326 e. The highest BCUT2D eigenvalue weighted by atomic mass is 79.9. The molecule has 0 amide bonds. The van der Waals surface area contributed by atoms with Crippen molar-refractivity contribution in [3.05, 3.63) is 28.7 Å². The quantitative estimate of drug-likeness (QED) is 0.933. The SMILES string of the molecule is CC(C)(C)C(N)CS(=O)c1cccc(Br)c1. The van der Waals surface area contributed by atoms with Gasteiger partial charge >= 0.3 is 0 Å². The number of hydrogen-bond acceptors (Lipinski definition) is 2. The molecule has 90 valence electrons. The first-order chi connectivity index (χ1) is 7.30. The van der Waals surface area contributed by atoms with Crippen LogP contribution in [0.2, 0.25) is 0 Å². The summed E-state index contributed by atoms with van der Waals surface area (Å²) >= 11 is 3.37. The average molecular weight is 304 g/mol. The maximum absolute atomic E-state index is 12.1. The van der Waals surface area contributed by atoms with Crippen LogP contribution in [0.3, 0.4) is 0 Å². The Morgan fingerprint density at radius 2 is 2.06 bits per heavy atom. The Morgan fingerprint density at radius 1 is 1.44 bits per heavy atom. The zero-order valence-corrected chi connectivity index (χ0v) is 12.3. The highest BCUT2D eigenvalue weighted by Gasteiger charge is 2.23. The summed E-state index contributed by atoms with van der Waals surface area (Å²) in [5, 5.41) is 0. The first-order valence-corrected chi connectivity index (χ1v) is 7.31.